The number of thiophene rings is 1. The highest BCUT2D eigenvalue weighted by molar-refractivity contribution is 7.10. The van der Waals surface area contributed by atoms with Crippen LogP contribution < -0.4 is 4.74 Å². The van der Waals surface area contributed by atoms with Crippen LogP contribution in [0.5, 0.6) is 5.75 Å². The van der Waals surface area contributed by atoms with Crippen molar-refractivity contribution in [3.63, 3.8) is 0 Å². The Labute approximate surface area is 209 Å². The highest BCUT2D eigenvalue weighted by Crippen LogP contribution is 2.34. The summed E-state index contributed by atoms with van der Waals surface area (Å²) in [6, 6.07) is 16.4. The van der Waals surface area contributed by atoms with Crippen LogP contribution in [0.15, 0.2) is 72.6 Å². The van der Waals surface area contributed by atoms with Gasteiger partial charge in [-0.15, -0.1) is 17.9 Å². The predicted octanol–water partition coefficient (Wildman–Crippen LogP) is 5.54. The van der Waals surface area contributed by atoms with Gasteiger partial charge in [0.25, 0.3) is 5.91 Å². The Bertz CT molecular complexity index is 1160. The van der Waals surface area contributed by atoms with Gasteiger partial charge >= 0.3 is 0 Å². The first-order chi connectivity index (χ1) is 16.5. The molecule has 1 aromatic heterocycles. The Morgan fingerprint density at radius 2 is 1.91 bits per heavy atom. The van der Waals surface area contributed by atoms with Crippen molar-refractivity contribution in [2.24, 2.45) is 0 Å². The van der Waals surface area contributed by atoms with Crippen molar-refractivity contribution >= 4 is 34.8 Å². The van der Waals surface area contributed by atoms with E-state index < -0.39 is 0 Å². The first-order valence-electron chi connectivity index (χ1n) is 11.2. The molecule has 2 aromatic carbocycles. The molecule has 0 saturated heterocycles. The molecule has 0 N–H and O–H groups in total. The van der Waals surface area contributed by atoms with E-state index in [1.165, 1.54) is 4.88 Å². The second-order valence-electron chi connectivity index (χ2n) is 8.26. The summed E-state index contributed by atoms with van der Waals surface area (Å²) in [5, 5.41) is 2.70. The summed E-state index contributed by atoms with van der Waals surface area (Å²) in [7, 11) is 0. The van der Waals surface area contributed by atoms with Crippen molar-refractivity contribution in [3.8, 4) is 5.75 Å². The maximum Gasteiger partial charge on any atom is 0.254 e. The zero-order valence-electron chi connectivity index (χ0n) is 19.1. The lowest BCUT2D eigenvalue weighted by atomic mass is 10.0. The quantitative estimate of drug-likeness (QED) is 0.386. The van der Waals surface area contributed by atoms with E-state index in [1.54, 1.807) is 46.6 Å². The van der Waals surface area contributed by atoms with E-state index in [2.05, 4.69) is 18.0 Å². The van der Waals surface area contributed by atoms with Crippen LogP contribution in [0.2, 0.25) is 5.02 Å². The monoisotopic (exact) mass is 494 g/mol. The number of amides is 2. The Balaban J connectivity index is 1.51. The maximum atomic E-state index is 13.5. The number of carbonyl (C=O) groups excluding carboxylic acids is 2. The number of carbonyl (C=O) groups is 2. The second kappa shape index (κ2) is 10.9. The van der Waals surface area contributed by atoms with E-state index in [0.717, 1.165) is 17.5 Å². The lowest BCUT2D eigenvalue weighted by Gasteiger charge is -2.37. The van der Waals surface area contributed by atoms with Gasteiger partial charge in [-0.25, -0.2) is 0 Å². The lowest BCUT2D eigenvalue weighted by molar-refractivity contribution is -0.135. The van der Waals surface area contributed by atoms with E-state index in [1.807, 2.05) is 36.1 Å². The van der Waals surface area contributed by atoms with Gasteiger partial charge in [-0.1, -0.05) is 35.4 Å². The van der Waals surface area contributed by atoms with Gasteiger partial charge in [-0.2, -0.15) is 0 Å². The molecule has 1 aliphatic heterocycles. The molecule has 5 nitrogen and oxygen atoms in total. The molecule has 2 amide bonds. The highest BCUT2D eigenvalue weighted by atomic mass is 35.5. The third-order valence-corrected chi connectivity index (χ3v) is 7.15. The molecule has 0 spiro atoms. The van der Waals surface area contributed by atoms with Crippen LogP contribution in [0.3, 0.4) is 0 Å². The molecule has 0 bridgehead atoms. The van der Waals surface area contributed by atoms with Crippen molar-refractivity contribution in [1.29, 1.82) is 0 Å². The fourth-order valence-corrected chi connectivity index (χ4v) is 5.14. The number of halogens is 1. The first kappa shape index (κ1) is 24.0. The summed E-state index contributed by atoms with van der Waals surface area (Å²) in [4.78, 5) is 31.3. The largest absolute Gasteiger partial charge is 0.491 e. The van der Waals surface area contributed by atoms with Gasteiger partial charge in [-0.05, 0) is 66.8 Å². The Morgan fingerprint density at radius 1 is 1.18 bits per heavy atom. The topological polar surface area (TPSA) is 49.9 Å². The number of nitrogens with zero attached hydrogens (tertiary/aromatic N) is 2. The van der Waals surface area contributed by atoms with Crippen LogP contribution in [0, 0.1) is 6.92 Å². The normalized spacial score (nSPS) is 14.9. The van der Waals surface area contributed by atoms with Crippen molar-refractivity contribution in [3.05, 3.63) is 99.2 Å². The average molecular weight is 495 g/mol. The van der Waals surface area contributed by atoms with Gasteiger partial charge in [0.1, 0.15) is 18.9 Å². The first-order valence-corrected chi connectivity index (χ1v) is 12.4. The third kappa shape index (κ3) is 5.51. The molecule has 0 aliphatic carbocycles. The van der Waals surface area contributed by atoms with Gasteiger partial charge < -0.3 is 14.5 Å². The molecule has 3 aromatic rings. The van der Waals surface area contributed by atoms with Gasteiger partial charge in [-0.3, -0.25) is 9.59 Å². The molecular formula is C27H27ClN2O3S. The number of aryl methyl sites for hydroxylation is 1. The summed E-state index contributed by atoms with van der Waals surface area (Å²) in [6.45, 7) is 6.93. The summed E-state index contributed by atoms with van der Waals surface area (Å²) in [5.41, 5.74) is 2.74. The second-order valence-corrected chi connectivity index (χ2v) is 9.69. The number of hydrogen-bond donors (Lipinski definition) is 0. The van der Waals surface area contributed by atoms with E-state index in [9.17, 15) is 9.59 Å². The van der Waals surface area contributed by atoms with Crippen molar-refractivity contribution in [2.45, 2.75) is 19.4 Å². The lowest BCUT2D eigenvalue weighted by Crippen LogP contribution is -2.47. The number of benzene rings is 2. The molecular weight excluding hydrogens is 468 g/mol. The fourth-order valence-electron chi connectivity index (χ4n) is 4.09. The third-order valence-electron chi connectivity index (χ3n) is 5.90. The molecule has 7 heteroatoms. The zero-order valence-corrected chi connectivity index (χ0v) is 20.6. The Hall–Kier alpha value is -3.09. The molecule has 4 rings (SSSR count). The minimum atomic E-state index is -0.224. The Morgan fingerprint density at radius 3 is 2.62 bits per heavy atom. The predicted molar refractivity (Wildman–Crippen MR) is 137 cm³/mol. The summed E-state index contributed by atoms with van der Waals surface area (Å²) < 4.78 is 6.04. The van der Waals surface area contributed by atoms with Crippen LogP contribution in [-0.4, -0.2) is 47.9 Å². The molecule has 0 radical (unpaired) electrons. The van der Waals surface area contributed by atoms with E-state index in [0.29, 0.717) is 36.0 Å². The minimum absolute atomic E-state index is 0.0182. The SMILES string of the molecule is C=CCN(CC(=O)N1CCc2sccc2[C@H]1COc1ccc(Cl)cc1)C(=O)c1ccc(C)cc1. The van der Waals surface area contributed by atoms with Crippen molar-refractivity contribution < 1.29 is 14.3 Å². The van der Waals surface area contributed by atoms with Crippen LogP contribution in [0.25, 0.3) is 0 Å². The van der Waals surface area contributed by atoms with Crippen LogP contribution in [0.1, 0.15) is 32.4 Å². The fraction of sp³-hybridized carbons (Fsp3) is 0.259. The van der Waals surface area contributed by atoms with Gasteiger partial charge in [0.2, 0.25) is 5.91 Å². The minimum Gasteiger partial charge on any atom is -0.491 e. The molecule has 1 atom stereocenters. The molecule has 2 heterocycles. The van der Waals surface area contributed by atoms with E-state index in [-0.39, 0.29) is 24.4 Å². The Kier molecular flexibility index (Phi) is 7.70. The van der Waals surface area contributed by atoms with Crippen molar-refractivity contribution in [1.82, 2.24) is 9.80 Å². The number of hydrogen-bond acceptors (Lipinski definition) is 4. The summed E-state index contributed by atoms with van der Waals surface area (Å²) >= 11 is 7.69. The number of fused-ring (bicyclic) bond motifs is 1. The maximum absolute atomic E-state index is 13.5. The van der Waals surface area contributed by atoms with Gasteiger partial charge in [0.15, 0.2) is 0 Å². The van der Waals surface area contributed by atoms with Crippen LogP contribution in [-0.2, 0) is 11.2 Å². The van der Waals surface area contributed by atoms with Crippen LogP contribution in [0.4, 0.5) is 0 Å². The molecule has 0 fully saturated rings. The molecule has 34 heavy (non-hydrogen) atoms. The standard InChI is InChI=1S/C27H27ClN2O3S/c1-3-14-29(27(32)20-6-4-19(2)5-7-20)17-26(31)30-15-12-25-23(13-16-34-25)24(30)18-33-22-10-8-21(28)9-11-22/h3-11,13,16,24H,1,12,14-15,17-18H2,2H3/t24-/m1/s1. The molecule has 0 saturated carbocycles. The molecule has 1 aliphatic rings. The summed E-state index contributed by atoms with van der Waals surface area (Å²) in [5.74, 6) is 0.404. The highest BCUT2D eigenvalue weighted by Gasteiger charge is 2.33. The molecule has 176 valence electrons. The van der Waals surface area contributed by atoms with Gasteiger partial charge in [0.05, 0.1) is 6.04 Å². The van der Waals surface area contributed by atoms with E-state index in [4.69, 9.17) is 16.3 Å². The molecule has 0 unspecified atom stereocenters. The number of ether oxygens (including phenoxy) is 1. The smallest absolute Gasteiger partial charge is 0.254 e. The average Bonchev–Trinajstić information content (AvgIpc) is 3.32. The number of rotatable bonds is 8. The van der Waals surface area contributed by atoms with Crippen molar-refractivity contribution in [2.75, 3.05) is 26.2 Å². The zero-order chi connectivity index (χ0) is 24.1. The van der Waals surface area contributed by atoms with Crippen LogP contribution >= 0.6 is 22.9 Å². The van der Waals surface area contributed by atoms with E-state index >= 15 is 0 Å². The van der Waals surface area contributed by atoms with Gasteiger partial charge in [0, 0.05) is 28.6 Å². The summed E-state index contributed by atoms with van der Waals surface area (Å²) in [6.07, 6.45) is 2.44.